The van der Waals surface area contributed by atoms with Crippen LogP contribution in [0.25, 0.3) is 11.4 Å². The van der Waals surface area contributed by atoms with Crippen molar-refractivity contribution in [2.24, 2.45) is 0 Å². The molecule has 0 aliphatic carbocycles. The van der Waals surface area contributed by atoms with Crippen LogP contribution in [0.1, 0.15) is 27.4 Å². The molecule has 0 fully saturated rings. The number of rotatable bonds is 7. The Morgan fingerprint density at radius 2 is 1.97 bits per heavy atom. The van der Waals surface area contributed by atoms with Gasteiger partial charge in [0.15, 0.2) is 5.82 Å². The molecule has 9 nitrogen and oxygen atoms in total. The van der Waals surface area contributed by atoms with Gasteiger partial charge < -0.3 is 10.6 Å². The molecule has 0 spiro atoms. The number of carbonyl (C=O) groups is 1. The van der Waals surface area contributed by atoms with Gasteiger partial charge in [0.1, 0.15) is 5.82 Å². The van der Waals surface area contributed by atoms with Gasteiger partial charge in [-0.3, -0.25) is 20.0 Å². The van der Waals surface area contributed by atoms with Crippen LogP contribution in [0, 0.1) is 6.92 Å². The van der Waals surface area contributed by atoms with Gasteiger partial charge >= 0.3 is 0 Å². The van der Waals surface area contributed by atoms with Crippen LogP contribution in [0.4, 0.5) is 5.69 Å². The zero-order valence-corrected chi connectivity index (χ0v) is 15.8. The van der Waals surface area contributed by atoms with Crippen molar-refractivity contribution < 1.29 is 4.79 Å². The minimum absolute atomic E-state index is 0.145. The first-order chi connectivity index (χ1) is 14.2. The summed E-state index contributed by atoms with van der Waals surface area (Å²) >= 11 is 0. The van der Waals surface area contributed by atoms with E-state index in [9.17, 15) is 4.79 Å². The quantitative estimate of drug-likeness (QED) is 0.385. The summed E-state index contributed by atoms with van der Waals surface area (Å²) in [5.41, 5.74) is 4.20. The molecule has 1 amide bonds. The summed E-state index contributed by atoms with van der Waals surface area (Å²) in [4.78, 5) is 20.9. The van der Waals surface area contributed by atoms with Crippen molar-refractivity contribution in [2.75, 3.05) is 5.32 Å². The molecule has 0 radical (unpaired) electrons. The average molecular weight is 388 g/mol. The minimum atomic E-state index is -0.145. The molecule has 4 N–H and O–H groups in total. The maximum atomic E-state index is 12.4. The molecule has 4 rings (SSSR count). The number of carbonyl (C=O) groups excluding carboxylic acids is 1. The highest BCUT2D eigenvalue weighted by atomic mass is 16.1. The van der Waals surface area contributed by atoms with Crippen LogP contribution in [0.2, 0.25) is 0 Å². The largest absolute Gasteiger partial charge is 0.378 e. The van der Waals surface area contributed by atoms with Crippen molar-refractivity contribution >= 4 is 11.6 Å². The zero-order valence-electron chi connectivity index (χ0n) is 15.8. The van der Waals surface area contributed by atoms with E-state index in [1.54, 1.807) is 30.7 Å². The topological polar surface area (TPSA) is 124 Å². The van der Waals surface area contributed by atoms with E-state index < -0.39 is 0 Å². The van der Waals surface area contributed by atoms with Gasteiger partial charge in [0.25, 0.3) is 5.91 Å². The molecule has 4 aromatic rings. The summed E-state index contributed by atoms with van der Waals surface area (Å²) in [5, 5.41) is 20.1. The van der Waals surface area contributed by atoms with Gasteiger partial charge in [-0.15, -0.1) is 0 Å². The Morgan fingerprint density at radius 3 is 2.76 bits per heavy atom. The van der Waals surface area contributed by atoms with Crippen molar-refractivity contribution in [3.63, 3.8) is 0 Å². The van der Waals surface area contributed by atoms with E-state index in [1.807, 2.05) is 31.2 Å². The van der Waals surface area contributed by atoms with E-state index in [0.29, 0.717) is 30.3 Å². The number of hydrogen-bond acceptors (Lipinski definition) is 6. The lowest BCUT2D eigenvalue weighted by atomic mass is 10.1. The molecule has 0 aliphatic heterocycles. The van der Waals surface area contributed by atoms with Gasteiger partial charge in [-0.1, -0.05) is 6.07 Å². The fraction of sp³-hybridized carbons (Fsp3) is 0.150. The van der Waals surface area contributed by atoms with Gasteiger partial charge in [-0.2, -0.15) is 10.2 Å². The number of hydrogen-bond donors (Lipinski definition) is 4. The Hall–Kier alpha value is -4.01. The minimum Gasteiger partial charge on any atom is -0.378 e. The molecule has 3 aromatic heterocycles. The fourth-order valence-electron chi connectivity index (χ4n) is 2.79. The second-order valence-electron chi connectivity index (χ2n) is 6.48. The standard InChI is InChI=1S/C20H20N8O/c1-13-16(11-24-26-13)10-23-20(29)15-3-2-4-17(9-15)22-12-18-25-19(28-27-18)14-5-7-21-8-6-14/h2-9,11,22H,10,12H2,1H3,(H,23,29)(H,24,26)(H,25,27,28). The van der Waals surface area contributed by atoms with E-state index in [2.05, 4.69) is 41.0 Å². The molecular formula is C20H20N8O. The average Bonchev–Trinajstić information content (AvgIpc) is 3.40. The van der Waals surface area contributed by atoms with Gasteiger partial charge in [0.2, 0.25) is 0 Å². The number of nitrogens with zero attached hydrogens (tertiary/aromatic N) is 4. The number of aryl methyl sites for hydroxylation is 1. The number of anilines is 1. The van der Waals surface area contributed by atoms with Crippen molar-refractivity contribution in [1.82, 2.24) is 35.7 Å². The third-order valence-electron chi connectivity index (χ3n) is 4.43. The number of H-pyrrole nitrogens is 2. The van der Waals surface area contributed by atoms with Gasteiger partial charge in [0, 0.05) is 47.0 Å². The van der Waals surface area contributed by atoms with Crippen molar-refractivity contribution in [3.05, 3.63) is 77.6 Å². The lowest BCUT2D eigenvalue weighted by molar-refractivity contribution is 0.0951. The van der Waals surface area contributed by atoms with Crippen LogP contribution in [0.3, 0.4) is 0 Å². The summed E-state index contributed by atoms with van der Waals surface area (Å²) in [6, 6.07) is 11.0. The summed E-state index contributed by atoms with van der Waals surface area (Å²) in [7, 11) is 0. The maximum absolute atomic E-state index is 12.4. The number of nitrogens with one attached hydrogen (secondary N) is 4. The summed E-state index contributed by atoms with van der Waals surface area (Å²) < 4.78 is 0. The fourth-order valence-corrected chi connectivity index (χ4v) is 2.79. The van der Waals surface area contributed by atoms with Crippen molar-refractivity contribution in [2.45, 2.75) is 20.0 Å². The number of pyridine rings is 1. The normalized spacial score (nSPS) is 10.7. The van der Waals surface area contributed by atoms with E-state index in [-0.39, 0.29) is 5.91 Å². The molecule has 0 bridgehead atoms. The first-order valence-corrected chi connectivity index (χ1v) is 9.12. The number of aromatic amines is 2. The second-order valence-corrected chi connectivity index (χ2v) is 6.48. The summed E-state index contributed by atoms with van der Waals surface area (Å²) in [6.45, 7) is 2.80. The molecule has 1 aromatic carbocycles. The third-order valence-corrected chi connectivity index (χ3v) is 4.43. The van der Waals surface area contributed by atoms with E-state index in [0.717, 1.165) is 22.5 Å². The van der Waals surface area contributed by atoms with Gasteiger partial charge in [0.05, 0.1) is 12.7 Å². The third kappa shape index (κ3) is 4.46. The molecule has 0 aliphatic rings. The van der Waals surface area contributed by atoms with Gasteiger partial charge in [-0.25, -0.2) is 4.98 Å². The smallest absolute Gasteiger partial charge is 0.251 e. The SMILES string of the molecule is Cc1[nH]ncc1CNC(=O)c1cccc(NCc2nc(-c3ccncc3)n[nH]2)c1. The predicted molar refractivity (Wildman–Crippen MR) is 108 cm³/mol. The number of benzene rings is 1. The molecule has 0 saturated heterocycles. The molecule has 146 valence electrons. The Balaban J connectivity index is 1.36. The van der Waals surface area contributed by atoms with E-state index >= 15 is 0 Å². The van der Waals surface area contributed by atoms with E-state index in [4.69, 9.17) is 0 Å². The second kappa shape index (κ2) is 8.34. The summed E-state index contributed by atoms with van der Waals surface area (Å²) in [6.07, 6.45) is 5.12. The van der Waals surface area contributed by atoms with Crippen LogP contribution in [0.15, 0.2) is 55.0 Å². The molecule has 29 heavy (non-hydrogen) atoms. The first kappa shape index (κ1) is 18.4. The molecule has 0 unspecified atom stereocenters. The molecule has 0 saturated carbocycles. The van der Waals surface area contributed by atoms with Crippen LogP contribution in [0.5, 0.6) is 0 Å². The molecular weight excluding hydrogens is 368 g/mol. The maximum Gasteiger partial charge on any atom is 0.251 e. The highest BCUT2D eigenvalue weighted by Crippen LogP contribution is 2.15. The monoisotopic (exact) mass is 388 g/mol. The van der Waals surface area contributed by atoms with Crippen LogP contribution < -0.4 is 10.6 Å². The van der Waals surface area contributed by atoms with Crippen LogP contribution in [-0.2, 0) is 13.1 Å². The lowest BCUT2D eigenvalue weighted by Crippen LogP contribution is -2.23. The molecule has 9 heteroatoms. The Labute approximate surface area is 167 Å². The first-order valence-electron chi connectivity index (χ1n) is 9.12. The lowest BCUT2D eigenvalue weighted by Gasteiger charge is -2.08. The number of amides is 1. The summed E-state index contributed by atoms with van der Waals surface area (Å²) in [5.74, 6) is 1.17. The van der Waals surface area contributed by atoms with Crippen molar-refractivity contribution in [3.8, 4) is 11.4 Å². The van der Waals surface area contributed by atoms with E-state index in [1.165, 1.54) is 0 Å². The molecule has 3 heterocycles. The Kier molecular flexibility index (Phi) is 5.28. The van der Waals surface area contributed by atoms with Crippen LogP contribution >= 0.6 is 0 Å². The zero-order chi connectivity index (χ0) is 20.1. The Morgan fingerprint density at radius 1 is 1.10 bits per heavy atom. The van der Waals surface area contributed by atoms with Crippen LogP contribution in [-0.4, -0.2) is 36.3 Å². The highest BCUT2D eigenvalue weighted by molar-refractivity contribution is 5.95. The number of aromatic nitrogens is 6. The molecule has 0 atom stereocenters. The predicted octanol–water partition coefficient (Wildman–Crippen LogP) is 2.44. The highest BCUT2D eigenvalue weighted by Gasteiger charge is 2.09. The van der Waals surface area contributed by atoms with Gasteiger partial charge in [-0.05, 0) is 37.3 Å². The van der Waals surface area contributed by atoms with Crippen molar-refractivity contribution in [1.29, 1.82) is 0 Å². The Bertz CT molecular complexity index is 1100.